The maximum absolute atomic E-state index is 13.0. The molecule has 2 unspecified atom stereocenters. The van der Waals surface area contributed by atoms with Crippen LogP contribution in [0, 0.1) is 11.6 Å². The van der Waals surface area contributed by atoms with Crippen LogP contribution < -0.4 is 5.32 Å². The zero-order valence-electron chi connectivity index (χ0n) is 9.83. The van der Waals surface area contributed by atoms with Crippen molar-refractivity contribution in [2.24, 2.45) is 0 Å². The van der Waals surface area contributed by atoms with Gasteiger partial charge in [-0.1, -0.05) is 6.07 Å². The SMILES string of the molecule is O=C(O)C1CCCC(Cc2ccc(F)c(F)c2)N1. The lowest BCUT2D eigenvalue weighted by Crippen LogP contribution is -2.47. The number of hydrogen-bond donors (Lipinski definition) is 2. The van der Waals surface area contributed by atoms with Crippen LogP contribution in [0.1, 0.15) is 24.8 Å². The first-order valence-electron chi connectivity index (χ1n) is 5.99. The molecule has 0 aliphatic carbocycles. The maximum atomic E-state index is 13.0. The Morgan fingerprint density at radius 2 is 2.11 bits per heavy atom. The summed E-state index contributed by atoms with van der Waals surface area (Å²) < 4.78 is 25.8. The van der Waals surface area contributed by atoms with Crippen LogP contribution >= 0.6 is 0 Å². The van der Waals surface area contributed by atoms with Crippen molar-refractivity contribution < 1.29 is 18.7 Å². The van der Waals surface area contributed by atoms with Crippen LogP contribution in [0.3, 0.4) is 0 Å². The van der Waals surface area contributed by atoms with Crippen molar-refractivity contribution in [1.82, 2.24) is 5.32 Å². The molecule has 0 amide bonds. The van der Waals surface area contributed by atoms with Gasteiger partial charge in [0, 0.05) is 6.04 Å². The molecule has 0 radical (unpaired) electrons. The summed E-state index contributed by atoms with van der Waals surface area (Å²) in [5.74, 6) is -2.58. The van der Waals surface area contributed by atoms with Gasteiger partial charge in [-0.2, -0.15) is 0 Å². The van der Waals surface area contributed by atoms with E-state index in [9.17, 15) is 13.6 Å². The van der Waals surface area contributed by atoms with Gasteiger partial charge in [-0.25, -0.2) is 8.78 Å². The van der Waals surface area contributed by atoms with E-state index in [-0.39, 0.29) is 6.04 Å². The van der Waals surface area contributed by atoms with Crippen molar-refractivity contribution in [3.63, 3.8) is 0 Å². The molecule has 1 heterocycles. The highest BCUT2D eigenvalue weighted by Crippen LogP contribution is 2.18. The topological polar surface area (TPSA) is 49.3 Å². The van der Waals surface area contributed by atoms with Gasteiger partial charge < -0.3 is 10.4 Å². The minimum absolute atomic E-state index is 0.00436. The Hall–Kier alpha value is -1.49. The molecule has 2 atom stereocenters. The monoisotopic (exact) mass is 255 g/mol. The number of nitrogens with one attached hydrogen (secondary N) is 1. The summed E-state index contributed by atoms with van der Waals surface area (Å²) >= 11 is 0. The second-order valence-electron chi connectivity index (χ2n) is 4.64. The van der Waals surface area contributed by atoms with Gasteiger partial charge in [0.25, 0.3) is 0 Å². The molecule has 0 spiro atoms. The van der Waals surface area contributed by atoms with E-state index < -0.39 is 23.6 Å². The number of halogens is 2. The first-order chi connectivity index (χ1) is 8.56. The molecule has 2 N–H and O–H groups in total. The average molecular weight is 255 g/mol. The Bertz CT molecular complexity index is 451. The van der Waals surface area contributed by atoms with Gasteiger partial charge in [0.05, 0.1) is 0 Å². The molecule has 1 aromatic rings. The number of benzene rings is 1. The van der Waals surface area contributed by atoms with Gasteiger partial charge in [0.15, 0.2) is 11.6 Å². The zero-order chi connectivity index (χ0) is 13.1. The van der Waals surface area contributed by atoms with E-state index in [1.54, 1.807) is 0 Å². The number of carboxylic acid groups (broad SMARTS) is 1. The van der Waals surface area contributed by atoms with Gasteiger partial charge in [-0.05, 0) is 43.4 Å². The van der Waals surface area contributed by atoms with Crippen LogP contribution in [0.15, 0.2) is 18.2 Å². The van der Waals surface area contributed by atoms with Crippen LogP contribution in [0.25, 0.3) is 0 Å². The zero-order valence-corrected chi connectivity index (χ0v) is 9.83. The Labute approximate surface area is 104 Å². The number of piperidine rings is 1. The highest BCUT2D eigenvalue weighted by Gasteiger charge is 2.25. The van der Waals surface area contributed by atoms with Gasteiger partial charge in [0.1, 0.15) is 6.04 Å². The van der Waals surface area contributed by atoms with Crippen molar-refractivity contribution in [1.29, 1.82) is 0 Å². The summed E-state index contributed by atoms with van der Waals surface area (Å²) in [5, 5.41) is 12.0. The second-order valence-corrected chi connectivity index (χ2v) is 4.64. The van der Waals surface area contributed by atoms with E-state index in [1.807, 2.05) is 0 Å². The van der Waals surface area contributed by atoms with E-state index in [1.165, 1.54) is 12.1 Å². The number of rotatable bonds is 3. The molecule has 2 rings (SSSR count). The Morgan fingerprint density at radius 3 is 2.78 bits per heavy atom. The van der Waals surface area contributed by atoms with Gasteiger partial charge in [-0.15, -0.1) is 0 Å². The van der Waals surface area contributed by atoms with Crippen LogP contribution in [0.2, 0.25) is 0 Å². The molecule has 18 heavy (non-hydrogen) atoms. The summed E-state index contributed by atoms with van der Waals surface area (Å²) in [7, 11) is 0. The number of hydrogen-bond acceptors (Lipinski definition) is 2. The van der Waals surface area contributed by atoms with Crippen LogP contribution in [-0.4, -0.2) is 23.2 Å². The quantitative estimate of drug-likeness (QED) is 0.869. The highest BCUT2D eigenvalue weighted by atomic mass is 19.2. The van der Waals surface area contributed by atoms with Gasteiger partial charge in [0.2, 0.25) is 0 Å². The predicted molar refractivity (Wildman–Crippen MR) is 62.3 cm³/mol. The van der Waals surface area contributed by atoms with E-state index in [0.717, 1.165) is 18.9 Å². The smallest absolute Gasteiger partial charge is 0.320 e. The number of aliphatic carboxylic acids is 1. The fraction of sp³-hybridized carbons (Fsp3) is 0.462. The first-order valence-corrected chi connectivity index (χ1v) is 5.99. The van der Waals surface area contributed by atoms with Gasteiger partial charge in [-0.3, -0.25) is 4.79 Å². The lowest BCUT2D eigenvalue weighted by Gasteiger charge is -2.28. The van der Waals surface area contributed by atoms with Crippen molar-refractivity contribution in [2.45, 2.75) is 37.8 Å². The summed E-state index contributed by atoms with van der Waals surface area (Å²) in [6.07, 6.45) is 2.81. The van der Waals surface area contributed by atoms with Crippen molar-refractivity contribution >= 4 is 5.97 Å². The van der Waals surface area contributed by atoms with Crippen molar-refractivity contribution in [3.8, 4) is 0 Å². The first kappa shape index (κ1) is 13.0. The Kier molecular flexibility index (Phi) is 3.91. The molecule has 1 saturated heterocycles. The van der Waals surface area contributed by atoms with E-state index in [0.29, 0.717) is 18.4 Å². The molecule has 1 fully saturated rings. The summed E-state index contributed by atoms with van der Waals surface area (Å²) in [4.78, 5) is 10.9. The average Bonchev–Trinajstić information content (AvgIpc) is 2.34. The summed E-state index contributed by atoms with van der Waals surface area (Å²) in [6.45, 7) is 0. The third-order valence-corrected chi connectivity index (χ3v) is 3.25. The lowest BCUT2D eigenvalue weighted by atomic mass is 9.94. The number of carbonyl (C=O) groups is 1. The maximum Gasteiger partial charge on any atom is 0.320 e. The summed E-state index contributed by atoms with van der Waals surface area (Å²) in [5.41, 5.74) is 0.678. The standard InChI is InChI=1S/C13H15F2NO2/c14-10-5-4-8(7-11(10)15)6-9-2-1-3-12(16-9)13(17)18/h4-5,7,9,12,16H,1-3,6H2,(H,17,18). The molecule has 1 aromatic carbocycles. The minimum Gasteiger partial charge on any atom is -0.480 e. The fourth-order valence-corrected chi connectivity index (χ4v) is 2.33. The molecule has 98 valence electrons. The lowest BCUT2D eigenvalue weighted by molar-refractivity contribution is -0.140. The molecule has 1 aliphatic rings. The van der Waals surface area contributed by atoms with Gasteiger partial charge >= 0.3 is 5.97 Å². The van der Waals surface area contributed by atoms with E-state index in [4.69, 9.17) is 5.11 Å². The van der Waals surface area contributed by atoms with E-state index >= 15 is 0 Å². The van der Waals surface area contributed by atoms with Crippen molar-refractivity contribution in [3.05, 3.63) is 35.4 Å². The van der Waals surface area contributed by atoms with Crippen molar-refractivity contribution in [2.75, 3.05) is 0 Å². The number of carboxylic acids is 1. The molecule has 1 aliphatic heterocycles. The molecular formula is C13H15F2NO2. The third-order valence-electron chi connectivity index (χ3n) is 3.25. The predicted octanol–water partition coefficient (Wildman–Crippen LogP) is 2.10. The minimum atomic E-state index is -0.863. The molecule has 5 heteroatoms. The third kappa shape index (κ3) is 3.04. The highest BCUT2D eigenvalue weighted by molar-refractivity contribution is 5.73. The molecule has 3 nitrogen and oxygen atoms in total. The van der Waals surface area contributed by atoms with E-state index in [2.05, 4.69) is 5.32 Å². The fourth-order valence-electron chi connectivity index (χ4n) is 2.33. The largest absolute Gasteiger partial charge is 0.480 e. The molecule has 0 bridgehead atoms. The molecule has 0 aromatic heterocycles. The normalized spacial score (nSPS) is 23.9. The summed E-state index contributed by atoms with van der Waals surface area (Å²) in [6, 6.07) is 3.27. The molecular weight excluding hydrogens is 240 g/mol. The Balaban J connectivity index is 2.00. The van der Waals surface area contributed by atoms with Crippen LogP contribution in [-0.2, 0) is 11.2 Å². The second kappa shape index (κ2) is 5.44. The van der Waals surface area contributed by atoms with Crippen LogP contribution in [0.4, 0.5) is 8.78 Å². The Morgan fingerprint density at radius 1 is 1.33 bits per heavy atom. The van der Waals surface area contributed by atoms with Crippen LogP contribution in [0.5, 0.6) is 0 Å². The molecule has 0 saturated carbocycles.